The first-order chi connectivity index (χ1) is 27.1. The van der Waals surface area contributed by atoms with Crippen LogP contribution in [0, 0.1) is 18.8 Å². The van der Waals surface area contributed by atoms with Crippen LogP contribution < -0.4 is 21.1 Å². The number of piperidine rings is 1. The highest BCUT2D eigenvalue weighted by Gasteiger charge is 2.42. The maximum Gasteiger partial charge on any atom is 0.264 e. The van der Waals surface area contributed by atoms with Gasteiger partial charge in [-0.15, -0.1) is 11.8 Å². The Balaban J connectivity index is 0.000000303. The van der Waals surface area contributed by atoms with Crippen molar-refractivity contribution in [2.24, 2.45) is 11.8 Å². The van der Waals surface area contributed by atoms with Gasteiger partial charge in [-0.3, -0.25) is 14.5 Å². The molecule has 1 aromatic heterocycles. The Labute approximate surface area is 340 Å². The van der Waals surface area contributed by atoms with E-state index in [0.29, 0.717) is 40.9 Å². The van der Waals surface area contributed by atoms with Gasteiger partial charge in [0.25, 0.3) is 15.9 Å². The fourth-order valence-corrected chi connectivity index (χ4v) is 9.22. The van der Waals surface area contributed by atoms with Gasteiger partial charge in [-0.2, -0.15) is 0 Å². The standard InChI is InChI=1S/C32H45N3O4S.C10H10N4O2S/c1-21-25(15-10-16-28(21)36)30(38)33-26(20-40-24-13-6-5-7-14-24)29(37)19-35-18-23-12-9-8-11-22(23)17-27(35)31(39)34-32(2,3)4;11-8-2-4-9(5-3-8)17(15,16)14-10-12-6-1-7-13-10/h5-7,10,13-16,22-23,26-27,29,36-37H,8-9,11-12,17-20H2,1-4H3,(H,33,38)(H,34,39);1-7H,11H2,(H,12,13,14)/t22-,23+,26-,27-,29+;/m0./s1. The predicted molar refractivity (Wildman–Crippen MR) is 224 cm³/mol. The molecule has 1 saturated heterocycles. The second kappa shape index (κ2) is 19.6. The number of anilines is 2. The maximum atomic E-state index is 13.5. The van der Waals surface area contributed by atoms with Crippen molar-refractivity contribution in [2.45, 2.75) is 93.3 Å². The van der Waals surface area contributed by atoms with E-state index in [1.807, 2.05) is 51.1 Å². The lowest BCUT2D eigenvalue weighted by atomic mass is 9.72. The topological polar surface area (TPSA) is 200 Å². The van der Waals surface area contributed by atoms with Crippen molar-refractivity contribution < 1.29 is 28.2 Å². The lowest BCUT2D eigenvalue weighted by Crippen LogP contribution is -2.60. The number of nitrogens with zero attached hydrogens (tertiary/aromatic N) is 3. The molecular formula is C42H55N7O6S2. The number of fused-ring (bicyclic) bond motifs is 1. The van der Waals surface area contributed by atoms with Gasteiger partial charge in [0.2, 0.25) is 11.9 Å². The van der Waals surface area contributed by atoms with Gasteiger partial charge in [-0.1, -0.05) is 43.5 Å². The number of aliphatic hydroxyl groups excluding tert-OH is 1. The van der Waals surface area contributed by atoms with Crippen molar-refractivity contribution in [2.75, 3.05) is 29.3 Å². The largest absolute Gasteiger partial charge is 0.508 e. The number of phenolic OH excluding ortho intramolecular Hbond substituents is 1. The van der Waals surface area contributed by atoms with Gasteiger partial charge in [0.1, 0.15) is 5.75 Å². The third-order valence-electron chi connectivity index (χ3n) is 10.2. The molecule has 4 aromatic rings. The SMILES string of the molecule is Cc1c(O)cccc1C(=O)N[C@@H](CSc1ccccc1)[C@H](O)CN1C[C@H]2CCCC[C@H]2C[C@H]1C(=O)NC(C)(C)C.Nc1ccc(S(=O)(=O)Nc2ncccn2)cc1. The molecule has 3 aromatic carbocycles. The molecule has 2 aliphatic rings. The molecule has 1 aliphatic heterocycles. The lowest BCUT2D eigenvalue weighted by molar-refractivity contribution is -0.132. The average Bonchev–Trinajstić information content (AvgIpc) is 3.17. The lowest BCUT2D eigenvalue weighted by Gasteiger charge is -2.47. The molecule has 0 unspecified atom stereocenters. The summed E-state index contributed by atoms with van der Waals surface area (Å²) in [6.07, 6.45) is 7.58. The molecule has 306 valence electrons. The quantitative estimate of drug-likeness (QED) is 0.0768. The summed E-state index contributed by atoms with van der Waals surface area (Å²) in [7, 11) is -3.66. The Morgan fingerprint density at radius 1 is 0.947 bits per heavy atom. The molecule has 2 fully saturated rings. The molecule has 13 nitrogen and oxygen atoms in total. The molecule has 0 bridgehead atoms. The molecule has 57 heavy (non-hydrogen) atoms. The summed E-state index contributed by atoms with van der Waals surface area (Å²) in [6.45, 7) is 8.76. The minimum atomic E-state index is -3.66. The van der Waals surface area contributed by atoms with Crippen LogP contribution in [-0.2, 0) is 14.8 Å². The predicted octanol–water partition coefficient (Wildman–Crippen LogP) is 5.61. The summed E-state index contributed by atoms with van der Waals surface area (Å²) >= 11 is 1.57. The van der Waals surface area contributed by atoms with Gasteiger partial charge in [-0.05, 0) is 107 Å². The van der Waals surface area contributed by atoms with E-state index in [-0.39, 0.29) is 40.0 Å². The minimum Gasteiger partial charge on any atom is -0.508 e. The molecular weight excluding hydrogens is 763 g/mol. The Bertz CT molecular complexity index is 2030. The van der Waals surface area contributed by atoms with Gasteiger partial charge in [-0.25, -0.2) is 23.1 Å². The van der Waals surface area contributed by atoms with E-state index in [1.54, 1.807) is 43.0 Å². The number of nitrogens with one attached hydrogen (secondary N) is 3. The Morgan fingerprint density at radius 3 is 2.28 bits per heavy atom. The number of aromatic hydroxyl groups is 1. The van der Waals surface area contributed by atoms with E-state index in [9.17, 15) is 28.2 Å². The number of aliphatic hydroxyl groups is 1. The smallest absolute Gasteiger partial charge is 0.264 e. The van der Waals surface area contributed by atoms with E-state index in [2.05, 4.69) is 30.2 Å². The van der Waals surface area contributed by atoms with Gasteiger partial charge < -0.3 is 26.6 Å². The number of amides is 2. The van der Waals surface area contributed by atoms with E-state index >= 15 is 0 Å². The van der Waals surface area contributed by atoms with E-state index < -0.39 is 22.2 Å². The first kappa shape index (κ1) is 43.4. The van der Waals surface area contributed by atoms with Gasteiger partial charge in [0.05, 0.1) is 23.1 Å². The summed E-state index contributed by atoms with van der Waals surface area (Å²) in [5.74, 6) is 1.30. The van der Waals surface area contributed by atoms with Crippen molar-refractivity contribution >= 4 is 45.2 Å². The number of nitrogen functional groups attached to an aromatic ring is 1. The number of phenols is 1. The molecule has 1 aliphatic carbocycles. The molecule has 1 saturated carbocycles. The summed E-state index contributed by atoms with van der Waals surface area (Å²) in [4.78, 5) is 37.7. The highest BCUT2D eigenvalue weighted by Crippen LogP contribution is 2.39. The zero-order valence-corrected chi connectivity index (χ0v) is 34.6. The van der Waals surface area contributed by atoms with Crippen molar-refractivity contribution in [1.29, 1.82) is 0 Å². The Kier molecular flexibility index (Phi) is 15.0. The molecule has 2 amide bonds. The fraction of sp³-hybridized carbons (Fsp3) is 0.429. The van der Waals surface area contributed by atoms with Crippen LogP contribution >= 0.6 is 11.8 Å². The molecule has 15 heteroatoms. The third-order valence-corrected chi connectivity index (χ3v) is 12.7. The van der Waals surface area contributed by atoms with Crippen LogP contribution in [0.15, 0.2) is 101 Å². The zero-order chi connectivity index (χ0) is 41.2. The number of hydrogen-bond donors (Lipinski definition) is 6. The molecule has 6 rings (SSSR count). The second-order valence-corrected chi connectivity index (χ2v) is 18.5. The Hall–Kier alpha value is -4.70. The van der Waals surface area contributed by atoms with Crippen LogP contribution in [0.5, 0.6) is 5.75 Å². The summed E-state index contributed by atoms with van der Waals surface area (Å²) in [6, 6.07) is 21.4. The van der Waals surface area contributed by atoms with Crippen molar-refractivity contribution in [3.8, 4) is 5.75 Å². The number of β-amino-alcohol motifs (C(OH)–C–C–N with tert-alkyl or cyclic N) is 1. The number of sulfonamides is 1. The number of benzene rings is 3. The number of nitrogens with two attached hydrogens (primary N) is 1. The summed E-state index contributed by atoms with van der Waals surface area (Å²) in [5.41, 5.74) is 6.53. The normalized spacial score (nSPS) is 19.5. The number of carbonyl (C=O) groups excluding carboxylic acids is 2. The first-order valence-corrected chi connectivity index (χ1v) is 21.7. The van der Waals surface area contributed by atoms with Crippen LogP contribution in [0.3, 0.4) is 0 Å². The maximum absolute atomic E-state index is 13.5. The number of likely N-dealkylation sites (tertiary alicyclic amines) is 1. The van der Waals surface area contributed by atoms with Crippen LogP contribution in [0.1, 0.15) is 68.8 Å². The van der Waals surface area contributed by atoms with Gasteiger partial charge in [0.15, 0.2) is 0 Å². The monoisotopic (exact) mass is 817 g/mol. The van der Waals surface area contributed by atoms with E-state index in [0.717, 1.165) is 30.7 Å². The highest BCUT2D eigenvalue weighted by molar-refractivity contribution is 7.99. The summed E-state index contributed by atoms with van der Waals surface area (Å²) in [5, 5.41) is 28.0. The van der Waals surface area contributed by atoms with Crippen LogP contribution in [0.25, 0.3) is 0 Å². The van der Waals surface area contributed by atoms with E-state index in [4.69, 9.17) is 5.73 Å². The van der Waals surface area contributed by atoms with Gasteiger partial charge >= 0.3 is 0 Å². The molecule has 2 heterocycles. The van der Waals surface area contributed by atoms with Crippen LogP contribution in [0.2, 0.25) is 0 Å². The van der Waals surface area contributed by atoms with Crippen LogP contribution in [0.4, 0.5) is 11.6 Å². The molecule has 7 N–H and O–H groups in total. The second-order valence-electron chi connectivity index (χ2n) is 15.7. The average molecular weight is 818 g/mol. The highest BCUT2D eigenvalue weighted by atomic mass is 32.2. The number of thioether (sulfide) groups is 1. The Morgan fingerprint density at radius 2 is 1.61 bits per heavy atom. The molecule has 0 spiro atoms. The minimum absolute atomic E-state index is 0.0124. The summed E-state index contributed by atoms with van der Waals surface area (Å²) < 4.78 is 26.0. The number of rotatable bonds is 12. The fourth-order valence-electron chi connectivity index (χ4n) is 7.24. The number of aromatic nitrogens is 2. The number of hydrogen-bond acceptors (Lipinski definition) is 11. The van der Waals surface area contributed by atoms with E-state index in [1.165, 1.54) is 49.5 Å². The van der Waals surface area contributed by atoms with Crippen molar-refractivity contribution in [1.82, 2.24) is 25.5 Å². The molecule has 0 radical (unpaired) electrons. The van der Waals surface area contributed by atoms with Crippen molar-refractivity contribution in [3.63, 3.8) is 0 Å². The molecule has 5 atom stereocenters. The first-order valence-electron chi connectivity index (χ1n) is 19.3. The van der Waals surface area contributed by atoms with Crippen LogP contribution in [-0.4, -0.2) is 87.9 Å². The van der Waals surface area contributed by atoms with Gasteiger partial charge in [0, 0.05) is 58.5 Å². The number of carbonyl (C=O) groups is 2. The third kappa shape index (κ3) is 12.6. The zero-order valence-electron chi connectivity index (χ0n) is 33.0. The van der Waals surface area contributed by atoms with Crippen molar-refractivity contribution in [3.05, 3.63) is 102 Å².